The maximum Gasteiger partial charge on any atom is 0.151 e. The Hall–Kier alpha value is -0.780. The van der Waals surface area contributed by atoms with Crippen LogP contribution in [-0.4, -0.2) is 4.98 Å². The molecule has 0 unspecified atom stereocenters. The van der Waals surface area contributed by atoms with Crippen LogP contribution >= 0.6 is 38.9 Å². The van der Waals surface area contributed by atoms with Crippen molar-refractivity contribution in [2.24, 2.45) is 0 Å². The summed E-state index contributed by atoms with van der Waals surface area (Å²) in [5.74, 6) is 0.622. The topological polar surface area (TPSA) is 50.9 Å². The van der Waals surface area contributed by atoms with Crippen LogP contribution in [0.25, 0.3) is 0 Å². The monoisotopic (exact) mass is 317 g/mol. The van der Waals surface area contributed by atoms with Crippen molar-refractivity contribution in [2.75, 3.05) is 11.1 Å². The van der Waals surface area contributed by atoms with Crippen molar-refractivity contribution in [1.82, 2.24) is 4.98 Å². The lowest BCUT2D eigenvalue weighted by Crippen LogP contribution is -2.03. The van der Waals surface area contributed by atoms with E-state index < -0.39 is 0 Å². The van der Waals surface area contributed by atoms with Crippen LogP contribution in [0.2, 0.25) is 5.15 Å². The third-order valence-electron chi connectivity index (χ3n) is 1.95. The molecule has 0 saturated heterocycles. The molecule has 0 saturated carbocycles. The summed E-state index contributed by atoms with van der Waals surface area (Å²) in [5, 5.41) is 3.59. The van der Waals surface area contributed by atoms with Gasteiger partial charge in [0.15, 0.2) is 5.82 Å². The Balaban J connectivity index is 2.07. The Morgan fingerprint density at radius 3 is 2.88 bits per heavy atom. The second-order valence-corrected chi connectivity index (χ2v) is 6.07. The van der Waals surface area contributed by atoms with Crippen molar-refractivity contribution < 1.29 is 0 Å². The largest absolute Gasteiger partial charge is 0.396 e. The highest BCUT2D eigenvalue weighted by molar-refractivity contribution is 9.11. The third kappa shape index (κ3) is 2.87. The number of nitrogens with zero attached hydrogens (tertiary/aromatic N) is 1. The van der Waals surface area contributed by atoms with E-state index in [4.69, 9.17) is 17.3 Å². The van der Waals surface area contributed by atoms with Crippen LogP contribution in [0.4, 0.5) is 11.5 Å². The van der Waals surface area contributed by atoms with Gasteiger partial charge >= 0.3 is 0 Å². The van der Waals surface area contributed by atoms with Gasteiger partial charge in [0, 0.05) is 4.88 Å². The van der Waals surface area contributed by atoms with Gasteiger partial charge in [-0.05, 0) is 40.2 Å². The molecule has 0 aromatic carbocycles. The lowest BCUT2D eigenvalue weighted by atomic mass is 10.4. The summed E-state index contributed by atoms with van der Waals surface area (Å²) in [6, 6.07) is 7.46. The normalized spacial score (nSPS) is 10.4. The van der Waals surface area contributed by atoms with Gasteiger partial charge in [-0.2, -0.15) is 0 Å². The molecule has 0 spiro atoms. The molecule has 0 radical (unpaired) electrons. The molecule has 84 valence electrons. The third-order valence-corrected chi connectivity index (χ3v) is 3.79. The molecule has 6 heteroatoms. The predicted molar refractivity (Wildman–Crippen MR) is 73.0 cm³/mol. The number of hydrogen-bond acceptors (Lipinski definition) is 4. The molecule has 0 atom stereocenters. The fourth-order valence-electron chi connectivity index (χ4n) is 1.21. The minimum absolute atomic E-state index is 0.434. The van der Waals surface area contributed by atoms with E-state index in [9.17, 15) is 0 Å². The Kier molecular flexibility index (Phi) is 3.68. The first-order valence-corrected chi connectivity index (χ1v) is 6.54. The van der Waals surface area contributed by atoms with Gasteiger partial charge < -0.3 is 11.1 Å². The summed E-state index contributed by atoms with van der Waals surface area (Å²) in [6.07, 6.45) is 0. The number of nitrogens with two attached hydrogens (primary N) is 1. The fraction of sp³-hybridized carbons (Fsp3) is 0.100. The number of thiophene rings is 1. The number of aromatic nitrogens is 1. The standard InChI is InChI=1S/C10H9BrClN3S/c11-8-3-1-6(16-8)5-14-10-7(13)2-4-9(12)15-10/h1-4H,5,13H2,(H,14,15). The highest BCUT2D eigenvalue weighted by atomic mass is 79.9. The quantitative estimate of drug-likeness (QED) is 0.847. The summed E-state index contributed by atoms with van der Waals surface area (Å²) >= 11 is 10.9. The lowest BCUT2D eigenvalue weighted by molar-refractivity contribution is 1.14. The Morgan fingerprint density at radius 1 is 1.38 bits per heavy atom. The molecule has 3 nitrogen and oxygen atoms in total. The predicted octanol–water partition coefficient (Wildman–Crippen LogP) is 3.75. The first-order valence-electron chi connectivity index (χ1n) is 4.55. The first-order chi connectivity index (χ1) is 7.65. The number of hydrogen-bond donors (Lipinski definition) is 2. The van der Waals surface area contributed by atoms with E-state index >= 15 is 0 Å². The number of rotatable bonds is 3. The highest BCUT2D eigenvalue weighted by Crippen LogP contribution is 2.24. The maximum absolute atomic E-state index is 5.79. The van der Waals surface area contributed by atoms with E-state index in [0.29, 0.717) is 23.2 Å². The molecule has 2 aromatic heterocycles. The molecule has 2 rings (SSSR count). The molecule has 2 aromatic rings. The minimum Gasteiger partial charge on any atom is -0.396 e. The van der Waals surface area contributed by atoms with Crippen LogP contribution < -0.4 is 11.1 Å². The van der Waals surface area contributed by atoms with Crippen LogP contribution in [0.3, 0.4) is 0 Å². The summed E-state index contributed by atoms with van der Waals surface area (Å²) in [6.45, 7) is 0.688. The van der Waals surface area contributed by atoms with Crippen molar-refractivity contribution in [3.8, 4) is 0 Å². The van der Waals surface area contributed by atoms with Gasteiger partial charge in [0.1, 0.15) is 5.15 Å². The summed E-state index contributed by atoms with van der Waals surface area (Å²) in [7, 11) is 0. The summed E-state index contributed by atoms with van der Waals surface area (Å²) in [4.78, 5) is 5.32. The van der Waals surface area contributed by atoms with Crippen LogP contribution in [-0.2, 0) is 6.54 Å². The molecule has 0 amide bonds. The van der Waals surface area contributed by atoms with Gasteiger partial charge in [-0.3, -0.25) is 0 Å². The average Bonchev–Trinajstić information content (AvgIpc) is 2.66. The summed E-state index contributed by atoms with van der Waals surface area (Å²) < 4.78 is 1.11. The number of pyridine rings is 1. The maximum atomic E-state index is 5.79. The van der Waals surface area contributed by atoms with E-state index in [-0.39, 0.29) is 0 Å². The highest BCUT2D eigenvalue weighted by Gasteiger charge is 2.03. The molecule has 0 aliphatic rings. The van der Waals surface area contributed by atoms with Gasteiger partial charge in [0.05, 0.1) is 16.0 Å². The zero-order valence-electron chi connectivity index (χ0n) is 8.21. The molecule has 0 bridgehead atoms. The van der Waals surface area contributed by atoms with E-state index in [1.54, 1.807) is 23.5 Å². The molecule has 16 heavy (non-hydrogen) atoms. The van der Waals surface area contributed by atoms with Crippen LogP contribution in [0, 0.1) is 0 Å². The number of nitrogen functional groups attached to an aromatic ring is 1. The molecule has 0 fully saturated rings. The zero-order chi connectivity index (χ0) is 11.5. The van der Waals surface area contributed by atoms with Crippen molar-refractivity contribution >= 4 is 50.4 Å². The van der Waals surface area contributed by atoms with Crippen molar-refractivity contribution in [3.63, 3.8) is 0 Å². The minimum atomic E-state index is 0.434. The fourth-order valence-corrected chi connectivity index (χ4v) is 2.78. The van der Waals surface area contributed by atoms with Crippen LogP contribution in [0.5, 0.6) is 0 Å². The van der Waals surface area contributed by atoms with E-state index in [1.165, 1.54) is 4.88 Å². The van der Waals surface area contributed by atoms with Crippen LogP contribution in [0.15, 0.2) is 28.1 Å². The Bertz CT molecular complexity index is 501. The molecule has 0 aliphatic heterocycles. The Labute approximate surface area is 111 Å². The second-order valence-electron chi connectivity index (χ2n) is 3.13. The number of anilines is 2. The van der Waals surface area contributed by atoms with E-state index in [1.807, 2.05) is 12.1 Å². The lowest BCUT2D eigenvalue weighted by Gasteiger charge is -2.06. The molecule has 3 N–H and O–H groups in total. The smallest absolute Gasteiger partial charge is 0.151 e. The molecule has 0 aliphatic carbocycles. The van der Waals surface area contributed by atoms with E-state index in [0.717, 1.165) is 3.79 Å². The first kappa shape index (κ1) is 11.7. The molecular weight excluding hydrogens is 310 g/mol. The van der Waals surface area contributed by atoms with Crippen molar-refractivity contribution in [3.05, 3.63) is 38.1 Å². The summed E-state index contributed by atoms with van der Waals surface area (Å²) in [5.41, 5.74) is 6.37. The van der Waals surface area contributed by atoms with Gasteiger partial charge in [0.25, 0.3) is 0 Å². The van der Waals surface area contributed by atoms with Crippen LogP contribution in [0.1, 0.15) is 4.88 Å². The van der Waals surface area contributed by atoms with Gasteiger partial charge in [-0.1, -0.05) is 11.6 Å². The molecule has 2 heterocycles. The van der Waals surface area contributed by atoms with Gasteiger partial charge in [0.2, 0.25) is 0 Å². The van der Waals surface area contributed by atoms with Crippen molar-refractivity contribution in [1.29, 1.82) is 0 Å². The molecular formula is C10H9BrClN3S. The second kappa shape index (κ2) is 5.03. The van der Waals surface area contributed by atoms with E-state index in [2.05, 4.69) is 26.2 Å². The number of nitrogens with one attached hydrogen (secondary N) is 1. The van der Waals surface area contributed by atoms with Gasteiger partial charge in [-0.15, -0.1) is 11.3 Å². The zero-order valence-corrected chi connectivity index (χ0v) is 11.4. The van der Waals surface area contributed by atoms with Gasteiger partial charge in [-0.25, -0.2) is 4.98 Å². The van der Waals surface area contributed by atoms with Crippen molar-refractivity contribution in [2.45, 2.75) is 6.54 Å². The Morgan fingerprint density at radius 2 is 2.19 bits per heavy atom. The SMILES string of the molecule is Nc1ccc(Cl)nc1NCc1ccc(Br)s1. The number of halogens is 2. The average molecular weight is 319 g/mol.